The number of rotatable bonds is 7. The molecule has 0 bridgehead atoms. The Hall–Kier alpha value is -0.610. The molecular weight excluding hydrogens is 212 g/mol. The Morgan fingerprint density at radius 3 is 2.53 bits per heavy atom. The normalized spacial score (nSPS) is 23.2. The van der Waals surface area contributed by atoms with E-state index in [2.05, 4.69) is 16.8 Å². The largest absolute Gasteiger partial charge is 0.388 e. The molecule has 0 radical (unpaired) electrons. The average Bonchev–Trinajstić information content (AvgIpc) is 2.81. The summed E-state index contributed by atoms with van der Waals surface area (Å²) in [7, 11) is 2.20. The van der Waals surface area contributed by atoms with Gasteiger partial charge in [-0.05, 0) is 51.2 Å². The molecule has 1 aliphatic heterocycles. The van der Waals surface area contributed by atoms with Crippen LogP contribution in [0, 0.1) is 10.8 Å². The third-order valence-electron chi connectivity index (χ3n) is 4.12. The van der Waals surface area contributed by atoms with Gasteiger partial charge in [0, 0.05) is 26.1 Å². The molecule has 0 aromatic heterocycles. The number of nitrogens with zero attached hydrogens (tertiary/aromatic N) is 2. The molecule has 1 aliphatic carbocycles. The highest BCUT2D eigenvalue weighted by Crippen LogP contribution is 2.49. The summed E-state index contributed by atoms with van der Waals surface area (Å²) in [6, 6.07) is 0. The summed E-state index contributed by atoms with van der Waals surface area (Å²) < 4.78 is 0. The number of likely N-dealkylation sites (N-methyl/N-ethyl adjacent to an activating group) is 1. The first-order chi connectivity index (χ1) is 8.10. The van der Waals surface area contributed by atoms with Crippen LogP contribution >= 0.6 is 0 Å². The number of hydrogen-bond acceptors (Lipinski definition) is 3. The first kappa shape index (κ1) is 12.8. The molecule has 1 saturated heterocycles. The van der Waals surface area contributed by atoms with Crippen LogP contribution in [-0.4, -0.2) is 55.4 Å². The van der Waals surface area contributed by atoms with E-state index >= 15 is 0 Å². The minimum absolute atomic E-state index is 0.353. The fourth-order valence-corrected chi connectivity index (χ4v) is 2.94. The maximum absolute atomic E-state index is 7.42. The predicted octanol–water partition coefficient (Wildman–Crippen LogP) is 1.12. The molecule has 0 unspecified atom stereocenters. The second-order valence-electron chi connectivity index (χ2n) is 5.99. The van der Waals surface area contributed by atoms with Crippen LogP contribution in [0.4, 0.5) is 0 Å². The van der Waals surface area contributed by atoms with Crippen LogP contribution in [0.2, 0.25) is 0 Å². The van der Waals surface area contributed by atoms with Crippen LogP contribution in [0.5, 0.6) is 0 Å². The van der Waals surface area contributed by atoms with E-state index in [9.17, 15) is 0 Å². The van der Waals surface area contributed by atoms with Crippen molar-refractivity contribution in [1.82, 2.24) is 9.80 Å². The fourth-order valence-electron chi connectivity index (χ4n) is 2.94. The van der Waals surface area contributed by atoms with E-state index in [1.807, 2.05) is 0 Å². The Morgan fingerprint density at radius 1 is 1.35 bits per heavy atom. The average molecular weight is 238 g/mol. The lowest BCUT2D eigenvalue weighted by Gasteiger charge is -2.25. The molecule has 0 aromatic rings. The topological polar surface area (TPSA) is 56.4 Å². The molecule has 1 saturated carbocycles. The molecule has 4 nitrogen and oxygen atoms in total. The van der Waals surface area contributed by atoms with Crippen molar-refractivity contribution in [2.24, 2.45) is 11.1 Å². The van der Waals surface area contributed by atoms with Gasteiger partial charge >= 0.3 is 0 Å². The zero-order valence-corrected chi connectivity index (χ0v) is 11.0. The second kappa shape index (κ2) is 5.36. The number of amidine groups is 1. The van der Waals surface area contributed by atoms with Gasteiger partial charge in [-0.3, -0.25) is 5.41 Å². The van der Waals surface area contributed by atoms with Crippen molar-refractivity contribution < 1.29 is 0 Å². The molecule has 0 aromatic carbocycles. The van der Waals surface area contributed by atoms with E-state index in [0.29, 0.717) is 11.3 Å². The molecule has 0 amide bonds. The van der Waals surface area contributed by atoms with E-state index < -0.39 is 0 Å². The lowest BCUT2D eigenvalue weighted by Crippen LogP contribution is -2.35. The van der Waals surface area contributed by atoms with Crippen LogP contribution in [0.25, 0.3) is 0 Å². The van der Waals surface area contributed by atoms with Crippen molar-refractivity contribution in [3.63, 3.8) is 0 Å². The lowest BCUT2D eigenvalue weighted by molar-refractivity contribution is 0.224. The molecule has 1 heterocycles. The molecule has 2 rings (SSSR count). The maximum atomic E-state index is 7.42. The van der Waals surface area contributed by atoms with Gasteiger partial charge in [0.2, 0.25) is 0 Å². The molecule has 3 N–H and O–H groups in total. The number of nitrogens with two attached hydrogens (primary N) is 1. The van der Waals surface area contributed by atoms with Gasteiger partial charge in [0.05, 0.1) is 5.84 Å². The van der Waals surface area contributed by atoms with Crippen LogP contribution in [-0.2, 0) is 0 Å². The zero-order valence-electron chi connectivity index (χ0n) is 11.0. The van der Waals surface area contributed by atoms with Crippen LogP contribution in [0.15, 0.2) is 0 Å². The van der Waals surface area contributed by atoms with Gasteiger partial charge in [-0.15, -0.1) is 0 Å². The van der Waals surface area contributed by atoms with E-state index in [1.54, 1.807) is 0 Å². The maximum Gasteiger partial charge on any atom is 0.0911 e. The fraction of sp³-hybridized carbons (Fsp3) is 0.923. The Labute approximate surface area is 105 Å². The molecule has 0 spiro atoms. The van der Waals surface area contributed by atoms with Gasteiger partial charge in [0.25, 0.3) is 0 Å². The molecule has 4 heteroatoms. The second-order valence-corrected chi connectivity index (χ2v) is 5.99. The van der Waals surface area contributed by atoms with Crippen molar-refractivity contribution in [2.75, 3.05) is 39.8 Å². The number of hydrogen-bond donors (Lipinski definition) is 2. The van der Waals surface area contributed by atoms with Crippen molar-refractivity contribution in [2.45, 2.75) is 32.1 Å². The van der Waals surface area contributed by atoms with Crippen molar-refractivity contribution in [1.29, 1.82) is 5.41 Å². The quantitative estimate of drug-likeness (QED) is 0.516. The van der Waals surface area contributed by atoms with Crippen LogP contribution in [0.1, 0.15) is 32.1 Å². The van der Waals surface area contributed by atoms with Gasteiger partial charge in [0.1, 0.15) is 0 Å². The van der Waals surface area contributed by atoms with Gasteiger partial charge in [-0.1, -0.05) is 0 Å². The van der Waals surface area contributed by atoms with Gasteiger partial charge in [-0.2, -0.15) is 0 Å². The van der Waals surface area contributed by atoms with Crippen molar-refractivity contribution in [3.8, 4) is 0 Å². The Morgan fingerprint density at radius 2 is 2.00 bits per heavy atom. The third kappa shape index (κ3) is 3.96. The minimum atomic E-state index is 0.353. The summed E-state index contributed by atoms with van der Waals surface area (Å²) in [5, 5.41) is 7.42. The summed E-state index contributed by atoms with van der Waals surface area (Å²) in [4.78, 5) is 4.98. The third-order valence-corrected chi connectivity index (χ3v) is 4.12. The Kier molecular flexibility index (Phi) is 4.05. The zero-order chi connectivity index (χ0) is 12.3. The van der Waals surface area contributed by atoms with E-state index in [-0.39, 0.29) is 0 Å². The molecule has 0 atom stereocenters. The van der Waals surface area contributed by atoms with E-state index in [0.717, 1.165) is 19.5 Å². The SMILES string of the molecule is CN(CCN1CCCC1)CC1(CC(=N)N)CC1. The predicted molar refractivity (Wildman–Crippen MR) is 71.4 cm³/mol. The van der Waals surface area contributed by atoms with E-state index in [1.165, 1.54) is 45.3 Å². The summed E-state index contributed by atoms with van der Waals surface area (Å²) in [5.41, 5.74) is 5.88. The standard InChI is InChI=1S/C13H26N4/c1-16(8-9-17-6-2-3-7-17)11-13(4-5-13)10-12(14)15/h2-11H2,1H3,(H3,14,15). The number of likely N-dealkylation sites (tertiary alicyclic amines) is 1. The van der Waals surface area contributed by atoms with Crippen molar-refractivity contribution in [3.05, 3.63) is 0 Å². The summed E-state index contributed by atoms with van der Waals surface area (Å²) >= 11 is 0. The Bertz CT molecular complexity index is 267. The highest BCUT2D eigenvalue weighted by molar-refractivity contribution is 5.78. The molecule has 98 valence electrons. The first-order valence-electron chi connectivity index (χ1n) is 6.83. The molecule has 2 fully saturated rings. The van der Waals surface area contributed by atoms with Crippen molar-refractivity contribution >= 4 is 5.84 Å². The first-order valence-corrected chi connectivity index (χ1v) is 6.83. The minimum Gasteiger partial charge on any atom is -0.388 e. The lowest BCUT2D eigenvalue weighted by atomic mass is 10.0. The molecular formula is C13H26N4. The van der Waals surface area contributed by atoms with Gasteiger partial charge in [-0.25, -0.2) is 0 Å². The van der Waals surface area contributed by atoms with Crippen LogP contribution in [0.3, 0.4) is 0 Å². The summed E-state index contributed by atoms with van der Waals surface area (Å²) in [6.45, 7) is 6.03. The summed E-state index contributed by atoms with van der Waals surface area (Å²) in [6.07, 6.45) is 6.04. The molecule has 2 aliphatic rings. The number of nitrogens with one attached hydrogen (secondary N) is 1. The summed E-state index contributed by atoms with van der Waals surface area (Å²) in [5.74, 6) is 0.357. The molecule has 17 heavy (non-hydrogen) atoms. The van der Waals surface area contributed by atoms with Gasteiger partial charge < -0.3 is 15.5 Å². The van der Waals surface area contributed by atoms with E-state index in [4.69, 9.17) is 11.1 Å². The monoisotopic (exact) mass is 238 g/mol. The Balaban J connectivity index is 1.66. The smallest absolute Gasteiger partial charge is 0.0911 e. The highest BCUT2D eigenvalue weighted by atomic mass is 15.2. The van der Waals surface area contributed by atoms with Gasteiger partial charge in [0.15, 0.2) is 0 Å². The van der Waals surface area contributed by atoms with Crippen LogP contribution < -0.4 is 5.73 Å². The highest BCUT2D eigenvalue weighted by Gasteiger charge is 2.43.